The minimum absolute atomic E-state index is 0.545. The molecule has 2 aromatic rings. The Bertz CT molecular complexity index is 536. The predicted octanol–water partition coefficient (Wildman–Crippen LogP) is 1.14. The summed E-state index contributed by atoms with van der Waals surface area (Å²) in [6.45, 7) is 3.23. The zero-order chi connectivity index (χ0) is 11.3. The van der Waals surface area contributed by atoms with Crippen LogP contribution in [-0.2, 0) is 7.05 Å². The number of fused-ring (bicyclic) bond motifs is 1. The molecule has 4 nitrogen and oxygen atoms in total. The summed E-state index contributed by atoms with van der Waals surface area (Å²) in [7, 11) is 1.99. The van der Waals surface area contributed by atoms with Gasteiger partial charge in [0.25, 0.3) is 0 Å². The van der Waals surface area contributed by atoms with Crippen LogP contribution in [0, 0.1) is 0 Å². The Morgan fingerprint density at radius 1 is 1.38 bits per heavy atom. The topological polar surface area (TPSA) is 41.3 Å². The van der Waals surface area contributed by atoms with Gasteiger partial charge in [0.2, 0.25) is 0 Å². The van der Waals surface area contributed by atoms with Gasteiger partial charge in [-0.05, 0) is 19.1 Å². The van der Waals surface area contributed by atoms with E-state index in [1.54, 1.807) is 0 Å². The summed E-state index contributed by atoms with van der Waals surface area (Å²) >= 11 is 0. The molecule has 0 amide bonds. The Hall–Kier alpha value is -1.55. The lowest BCUT2D eigenvalue weighted by Crippen LogP contribution is -2.60. The summed E-state index contributed by atoms with van der Waals surface area (Å²) in [5.74, 6) is 0. The van der Waals surface area contributed by atoms with Gasteiger partial charge in [0.15, 0.2) is 0 Å². The Morgan fingerprint density at radius 3 is 2.81 bits per heavy atom. The number of hydrogen-bond acceptors (Lipinski definition) is 3. The van der Waals surface area contributed by atoms with Gasteiger partial charge < -0.3 is 14.6 Å². The zero-order valence-corrected chi connectivity index (χ0v) is 9.51. The van der Waals surface area contributed by atoms with Crippen LogP contribution in [0.4, 0.5) is 5.69 Å². The minimum atomic E-state index is -0.545. The van der Waals surface area contributed by atoms with Crippen LogP contribution in [-0.4, -0.2) is 33.3 Å². The van der Waals surface area contributed by atoms with E-state index in [0.29, 0.717) is 13.1 Å². The Kier molecular flexibility index (Phi) is 1.80. The Balaban J connectivity index is 2.05. The lowest BCUT2D eigenvalue weighted by atomic mass is 9.96. The second kappa shape index (κ2) is 2.98. The molecule has 1 N–H and O–H groups in total. The van der Waals surface area contributed by atoms with E-state index >= 15 is 0 Å². The number of hydrogen-bond donors (Lipinski definition) is 1. The van der Waals surface area contributed by atoms with Gasteiger partial charge in [-0.25, -0.2) is 4.98 Å². The van der Waals surface area contributed by atoms with Crippen LogP contribution < -0.4 is 4.90 Å². The van der Waals surface area contributed by atoms with Crippen molar-refractivity contribution in [1.29, 1.82) is 0 Å². The average Bonchev–Trinajstić information content (AvgIpc) is 2.57. The van der Waals surface area contributed by atoms with E-state index in [1.807, 2.05) is 30.9 Å². The summed E-state index contributed by atoms with van der Waals surface area (Å²) < 4.78 is 2.01. The first-order valence-electron chi connectivity index (χ1n) is 5.44. The molecular weight excluding hydrogens is 202 g/mol. The lowest BCUT2D eigenvalue weighted by Gasteiger charge is -2.45. The van der Waals surface area contributed by atoms with Crippen molar-refractivity contribution < 1.29 is 5.11 Å². The molecule has 1 aromatic heterocycles. The third-order valence-electron chi connectivity index (χ3n) is 3.14. The third kappa shape index (κ3) is 1.30. The molecule has 0 unspecified atom stereocenters. The highest BCUT2D eigenvalue weighted by Crippen LogP contribution is 2.32. The number of aromatic nitrogens is 2. The fourth-order valence-corrected chi connectivity index (χ4v) is 2.34. The summed E-state index contributed by atoms with van der Waals surface area (Å²) in [6.07, 6.45) is 1.83. The first-order valence-corrected chi connectivity index (χ1v) is 5.44. The van der Waals surface area contributed by atoms with Crippen LogP contribution in [0.1, 0.15) is 6.92 Å². The largest absolute Gasteiger partial charge is 0.386 e. The van der Waals surface area contributed by atoms with E-state index in [4.69, 9.17) is 0 Å². The van der Waals surface area contributed by atoms with Crippen molar-refractivity contribution in [2.24, 2.45) is 7.05 Å². The zero-order valence-electron chi connectivity index (χ0n) is 9.51. The van der Waals surface area contributed by atoms with Crippen molar-refractivity contribution in [2.75, 3.05) is 18.0 Å². The van der Waals surface area contributed by atoms with Crippen molar-refractivity contribution in [3.63, 3.8) is 0 Å². The normalized spacial score (nSPS) is 18.8. The van der Waals surface area contributed by atoms with Crippen molar-refractivity contribution in [2.45, 2.75) is 12.5 Å². The fourth-order valence-electron chi connectivity index (χ4n) is 2.34. The molecule has 0 aliphatic carbocycles. The SMILES string of the molecule is Cn1cnc2c(N3CC(C)(O)C3)cccc21. The molecule has 0 radical (unpaired) electrons. The number of aliphatic hydroxyl groups is 1. The number of anilines is 1. The van der Waals surface area contributed by atoms with Crippen molar-refractivity contribution >= 4 is 16.7 Å². The molecule has 0 atom stereocenters. The highest BCUT2D eigenvalue weighted by Gasteiger charge is 2.37. The first-order chi connectivity index (χ1) is 7.57. The summed E-state index contributed by atoms with van der Waals surface area (Å²) in [4.78, 5) is 6.57. The third-order valence-corrected chi connectivity index (χ3v) is 3.14. The molecule has 1 aliphatic heterocycles. The minimum Gasteiger partial charge on any atom is -0.386 e. The Morgan fingerprint density at radius 2 is 2.12 bits per heavy atom. The van der Waals surface area contributed by atoms with Crippen molar-refractivity contribution in [1.82, 2.24) is 9.55 Å². The molecule has 1 aromatic carbocycles. The number of para-hydroxylation sites is 1. The van der Waals surface area contributed by atoms with Gasteiger partial charge >= 0.3 is 0 Å². The van der Waals surface area contributed by atoms with Gasteiger partial charge in [0.05, 0.1) is 23.1 Å². The van der Waals surface area contributed by atoms with Crippen LogP contribution in [0.2, 0.25) is 0 Å². The highest BCUT2D eigenvalue weighted by atomic mass is 16.3. The quantitative estimate of drug-likeness (QED) is 0.779. The molecule has 1 saturated heterocycles. The van der Waals surface area contributed by atoms with Gasteiger partial charge in [-0.1, -0.05) is 6.07 Å². The van der Waals surface area contributed by atoms with Gasteiger partial charge in [-0.15, -0.1) is 0 Å². The number of rotatable bonds is 1. The van der Waals surface area contributed by atoms with Crippen LogP contribution >= 0.6 is 0 Å². The number of β-amino-alcohol motifs (C(OH)–C–C–N with tert-alkyl or cyclic N) is 1. The number of benzene rings is 1. The van der Waals surface area contributed by atoms with E-state index in [1.165, 1.54) is 0 Å². The van der Waals surface area contributed by atoms with Crippen LogP contribution in [0.3, 0.4) is 0 Å². The highest BCUT2D eigenvalue weighted by molar-refractivity contribution is 5.89. The molecule has 16 heavy (non-hydrogen) atoms. The van der Waals surface area contributed by atoms with Gasteiger partial charge in [0, 0.05) is 20.1 Å². The smallest absolute Gasteiger partial charge is 0.112 e. The van der Waals surface area contributed by atoms with Crippen molar-refractivity contribution in [3.8, 4) is 0 Å². The van der Waals surface area contributed by atoms with Crippen LogP contribution in [0.25, 0.3) is 11.0 Å². The number of aryl methyl sites for hydroxylation is 1. The van der Waals surface area contributed by atoms with Crippen LogP contribution in [0.5, 0.6) is 0 Å². The number of imidazole rings is 1. The van der Waals surface area contributed by atoms with E-state index < -0.39 is 5.60 Å². The summed E-state index contributed by atoms with van der Waals surface area (Å²) in [5, 5.41) is 9.75. The average molecular weight is 217 g/mol. The lowest BCUT2D eigenvalue weighted by molar-refractivity contribution is 0.0312. The summed E-state index contributed by atoms with van der Waals surface area (Å²) in [5.41, 5.74) is 2.71. The molecule has 2 heterocycles. The monoisotopic (exact) mass is 217 g/mol. The molecule has 1 aliphatic rings. The molecule has 0 spiro atoms. The maximum atomic E-state index is 9.75. The van der Waals surface area contributed by atoms with Gasteiger partial charge in [-0.2, -0.15) is 0 Å². The van der Waals surface area contributed by atoms with E-state index in [-0.39, 0.29) is 0 Å². The Labute approximate surface area is 94.1 Å². The fraction of sp³-hybridized carbons (Fsp3) is 0.417. The first kappa shape index (κ1) is 9.66. The predicted molar refractivity (Wildman–Crippen MR) is 63.6 cm³/mol. The molecule has 3 rings (SSSR count). The number of nitrogens with zero attached hydrogens (tertiary/aromatic N) is 3. The van der Waals surface area contributed by atoms with Gasteiger partial charge in [-0.3, -0.25) is 0 Å². The molecule has 84 valence electrons. The summed E-state index contributed by atoms with van der Waals surface area (Å²) in [6, 6.07) is 6.15. The second-order valence-corrected chi connectivity index (χ2v) is 4.85. The van der Waals surface area contributed by atoms with E-state index in [0.717, 1.165) is 16.7 Å². The standard InChI is InChI=1S/C12H15N3O/c1-12(16)6-15(7-12)10-5-3-4-9-11(10)13-8-14(9)2/h3-5,8,16H,6-7H2,1-2H3. The molecule has 1 fully saturated rings. The maximum Gasteiger partial charge on any atom is 0.112 e. The van der Waals surface area contributed by atoms with Gasteiger partial charge in [0.1, 0.15) is 5.52 Å². The van der Waals surface area contributed by atoms with E-state index in [9.17, 15) is 5.11 Å². The van der Waals surface area contributed by atoms with Crippen LogP contribution in [0.15, 0.2) is 24.5 Å². The second-order valence-electron chi connectivity index (χ2n) is 4.85. The molecule has 0 bridgehead atoms. The van der Waals surface area contributed by atoms with E-state index in [2.05, 4.69) is 22.0 Å². The molecule has 0 saturated carbocycles. The van der Waals surface area contributed by atoms with Crippen molar-refractivity contribution in [3.05, 3.63) is 24.5 Å². The molecule has 4 heteroatoms. The molecular formula is C12H15N3O. The maximum absolute atomic E-state index is 9.75.